The largest absolute Gasteiger partial charge is 0.393 e. The number of rotatable bonds is 3. The number of nitrogens with zero attached hydrogens (tertiary/aromatic N) is 1. The van der Waals surface area contributed by atoms with E-state index in [1.807, 2.05) is 13.8 Å². The minimum Gasteiger partial charge on any atom is -0.393 e. The molecule has 3 N–H and O–H groups in total. The Morgan fingerprint density at radius 3 is 2.60 bits per heavy atom. The van der Waals surface area contributed by atoms with Gasteiger partial charge in [0.05, 0.1) is 16.6 Å². The van der Waals surface area contributed by atoms with Crippen LogP contribution in [0.25, 0.3) is 0 Å². The van der Waals surface area contributed by atoms with Crippen molar-refractivity contribution in [2.24, 2.45) is 11.7 Å². The summed E-state index contributed by atoms with van der Waals surface area (Å²) in [6.45, 7) is 5.53. The van der Waals surface area contributed by atoms with E-state index in [2.05, 4.69) is 10.3 Å². The third-order valence-electron chi connectivity index (χ3n) is 2.08. The zero-order chi connectivity index (χ0) is 11.6. The number of anilines is 1. The zero-order valence-corrected chi connectivity index (χ0v) is 10.5. The monoisotopic (exact) mass is 243 g/mol. The molecule has 0 saturated heterocycles. The van der Waals surface area contributed by atoms with E-state index in [4.69, 9.17) is 18.0 Å². The highest BCUT2D eigenvalue weighted by Gasteiger charge is 2.17. The number of nitrogens with one attached hydrogen (secondary N) is 1. The summed E-state index contributed by atoms with van der Waals surface area (Å²) in [5.41, 5.74) is 6.31. The molecule has 0 aliphatic heterocycles. The minimum absolute atomic E-state index is 0.192. The predicted molar refractivity (Wildman–Crippen MR) is 66.2 cm³/mol. The first kappa shape index (κ1) is 12.1. The van der Waals surface area contributed by atoms with E-state index in [0.29, 0.717) is 5.13 Å². The summed E-state index contributed by atoms with van der Waals surface area (Å²) in [6.07, 6.45) is 0. The summed E-state index contributed by atoms with van der Waals surface area (Å²) in [7, 11) is 0. The fourth-order valence-electron chi connectivity index (χ4n) is 0.869. The van der Waals surface area contributed by atoms with Gasteiger partial charge in [0, 0.05) is 4.88 Å². The molecule has 1 aromatic heterocycles. The number of thiocarbonyl (C=S) groups is 1. The Balaban J connectivity index is 2.70. The molecule has 0 fully saturated rings. The molecule has 1 aromatic rings. The molecule has 1 rings (SSSR count). The molecule has 1 atom stereocenters. The average molecular weight is 243 g/mol. The van der Waals surface area contributed by atoms with Crippen LogP contribution in [0.5, 0.6) is 0 Å². The summed E-state index contributed by atoms with van der Waals surface area (Å²) in [4.78, 5) is 17.0. The molecule has 1 unspecified atom stereocenters. The van der Waals surface area contributed by atoms with Crippen molar-refractivity contribution in [3.63, 3.8) is 0 Å². The lowest BCUT2D eigenvalue weighted by atomic mass is 10.2. The van der Waals surface area contributed by atoms with Gasteiger partial charge in [-0.25, -0.2) is 4.98 Å². The van der Waals surface area contributed by atoms with Crippen molar-refractivity contribution in [3.05, 3.63) is 10.6 Å². The number of aromatic nitrogens is 1. The molecule has 4 nitrogen and oxygen atoms in total. The van der Waals surface area contributed by atoms with Crippen molar-refractivity contribution >= 4 is 39.6 Å². The second-order valence-corrected chi connectivity index (χ2v) is 4.95. The molecule has 82 valence electrons. The maximum absolute atomic E-state index is 11.6. The highest BCUT2D eigenvalue weighted by molar-refractivity contribution is 7.80. The Hall–Kier alpha value is -1.01. The molecular formula is C9H13N3OS2. The Kier molecular flexibility index (Phi) is 3.76. The smallest absolute Gasteiger partial charge is 0.235 e. The second-order valence-electron chi connectivity index (χ2n) is 3.27. The second kappa shape index (κ2) is 4.67. The highest BCUT2D eigenvalue weighted by Crippen LogP contribution is 2.21. The molecule has 15 heavy (non-hydrogen) atoms. The van der Waals surface area contributed by atoms with Crippen molar-refractivity contribution in [2.75, 3.05) is 5.32 Å². The summed E-state index contributed by atoms with van der Waals surface area (Å²) >= 11 is 6.19. The normalized spacial score (nSPS) is 12.2. The Morgan fingerprint density at radius 1 is 1.60 bits per heavy atom. The fraction of sp³-hybridized carbons (Fsp3) is 0.444. The van der Waals surface area contributed by atoms with Gasteiger partial charge in [0.2, 0.25) is 5.91 Å². The lowest BCUT2D eigenvalue weighted by Gasteiger charge is -2.07. The lowest BCUT2D eigenvalue weighted by molar-refractivity contribution is -0.117. The standard InChI is InChI=1S/C9H13N3OS2/c1-4(7(10)14)8(13)12-9-11-5(2)6(3)15-9/h4H,1-3H3,(H2,10,14)(H,11,12,13). The van der Waals surface area contributed by atoms with Crippen LogP contribution in [0.3, 0.4) is 0 Å². The van der Waals surface area contributed by atoms with Crippen LogP contribution in [0.15, 0.2) is 0 Å². The van der Waals surface area contributed by atoms with Gasteiger partial charge >= 0.3 is 0 Å². The van der Waals surface area contributed by atoms with Gasteiger partial charge in [0.15, 0.2) is 5.13 Å². The quantitative estimate of drug-likeness (QED) is 0.792. The summed E-state index contributed by atoms with van der Waals surface area (Å²) in [5.74, 6) is -0.680. The van der Waals surface area contributed by atoms with Gasteiger partial charge in [-0.05, 0) is 20.8 Å². The molecule has 0 aromatic carbocycles. The fourth-order valence-corrected chi connectivity index (χ4v) is 1.79. The van der Waals surface area contributed by atoms with Gasteiger partial charge in [-0.1, -0.05) is 12.2 Å². The Labute approximate surface area is 97.9 Å². The summed E-state index contributed by atoms with van der Waals surface area (Å²) < 4.78 is 0. The van der Waals surface area contributed by atoms with Crippen LogP contribution in [0.2, 0.25) is 0 Å². The summed E-state index contributed by atoms with van der Waals surface area (Å²) in [6, 6.07) is 0. The number of carbonyl (C=O) groups is 1. The van der Waals surface area contributed by atoms with E-state index < -0.39 is 5.92 Å². The average Bonchev–Trinajstić information content (AvgIpc) is 2.44. The molecule has 0 aliphatic rings. The van der Waals surface area contributed by atoms with Gasteiger partial charge in [-0.15, -0.1) is 11.3 Å². The zero-order valence-electron chi connectivity index (χ0n) is 8.83. The van der Waals surface area contributed by atoms with Crippen LogP contribution in [0, 0.1) is 19.8 Å². The van der Waals surface area contributed by atoms with Crippen LogP contribution < -0.4 is 11.1 Å². The molecule has 0 aliphatic carbocycles. The molecule has 1 heterocycles. The van der Waals surface area contributed by atoms with E-state index in [1.54, 1.807) is 6.92 Å². The van der Waals surface area contributed by atoms with Crippen molar-refractivity contribution in [3.8, 4) is 0 Å². The Bertz CT molecular complexity index is 381. The van der Waals surface area contributed by atoms with E-state index in [1.165, 1.54) is 11.3 Å². The van der Waals surface area contributed by atoms with Crippen LogP contribution in [0.4, 0.5) is 5.13 Å². The number of carbonyl (C=O) groups excluding carboxylic acids is 1. The molecule has 6 heteroatoms. The van der Waals surface area contributed by atoms with Crippen LogP contribution in [-0.4, -0.2) is 15.9 Å². The topological polar surface area (TPSA) is 68.0 Å². The maximum atomic E-state index is 11.6. The highest BCUT2D eigenvalue weighted by atomic mass is 32.1. The van der Waals surface area contributed by atoms with Gasteiger partial charge in [-0.2, -0.15) is 0 Å². The first-order chi connectivity index (χ1) is 6.91. The molecular weight excluding hydrogens is 230 g/mol. The molecule has 0 saturated carbocycles. The number of amides is 1. The van der Waals surface area contributed by atoms with Crippen molar-refractivity contribution in [1.82, 2.24) is 4.98 Å². The van der Waals surface area contributed by atoms with E-state index in [-0.39, 0.29) is 10.9 Å². The van der Waals surface area contributed by atoms with Crippen LogP contribution in [-0.2, 0) is 4.79 Å². The minimum atomic E-state index is -0.468. The van der Waals surface area contributed by atoms with E-state index in [9.17, 15) is 4.79 Å². The Morgan fingerprint density at radius 2 is 2.20 bits per heavy atom. The van der Waals surface area contributed by atoms with Gasteiger partial charge < -0.3 is 11.1 Å². The molecule has 1 amide bonds. The van der Waals surface area contributed by atoms with Gasteiger partial charge in [-0.3, -0.25) is 4.79 Å². The number of nitrogens with two attached hydrogens (primary N) is 1. The van der Waals surface area contributed by atoms with Crippen LogP contribution in [0.1, 0.15) is 17.5 Å². The number of thiazole rings is 1. The van der Waals surface area contributed by atoms with Crippen LogP contribution >= 0.6 is 23.6 Å². The van der Waals surface area contributed by atoms with Gasteiger partial charge in [0.1, 0.15) is 0 Å². The third kappa shape index (κ3) is 2.97. The first-order valence-corrected chi connectivity index (χ1v) is 5.68. The van der Waals surface area contributed by atoms with Gasteiger partial charge in [0.25, 0.3) is 0 Å². The number of hydrogen-bond acceptors (Lipinski definition) is 4. The summed E-state index contributed by atoms with van der Waals surface area (Å²) in [5, 5.41) is 3.28. The van der Waals surface area contributed by atoms with E-state index in [0.717, 1.165) is 10.6 Å². The third-order valence-corrected chi connectivity index (χ3v) is 3.42. The van der Waals surface area contributed by atoms with Crippen molar-refractivity contribution in [1.29, 1.82) is 0 Å². The number of hydrogen-bond donors (Lipinski definition) is 2. The van der Waals surface area contributed by atoms with E-state index >= 15 is 0 Å². The molecule has 0 spiro atoms. The lowest BCUT2D eigenvalue weighted by Crippen LogP contribution is -2.30. The first-order valence-electron chi connectivity index (χ1n) is 4.46. The SMILES string of the molecule is Cc1nc(NC(=O)C(C)C(N)=S)sc1C. The molecule has 0 bridgehead atoms. The van der Waals surface area contributed by atoms with Crippen molar-refractivity contribution in [2.45, 2.75) is 20.8 Å². The van der Waals surface area contributed by atoms with Crippen molar-refractivity contribution < 1.29 is 4.79 Å². The predicted octanol–water partition coefficient (Wildman–Crippen LogP) is 1.62. The maximum Gasteiger partial charge on any atom is 0.235 e. The molecule has 0 radical (unpaired) electrons. The number of aryl methyl sites for hydroxylation is 2.